The first-order valence-corrected chi connectivity index (χ1v) is 7.12. The fourth-order valence-corrected chi connectivity index (χ4v) is 2.38. The van der Waals surface area contributed by atoms with Gasteiger partial charge >= 0.3 is 0 Å². The van der Waals surface area contributed by atoms with Gasteiger partial charge in [0.15, 0.2) is 0 Å². The van der Waals surface area contributed by atoms with Crippen LogP contribution < -0.4 is 10.1 Å². The molecule has 2 heterocycles. The van der Waals surface area contributed by atoms with Crippen LogP contribution in [0.1, 0.15) is 23.3 Å². The number of nitrogens with zero attached hydrogens (tertiary/aromatic N) is 1. The van der Waals surface area contributed by atoms with E-state index in [9.17, 15) is 0 Å². The van der Waals surface area contributed by atoms with E-state index in [1.165, 1.54) is 17.7 Å². The van der Waals surface area contributed by atoms with Crippen LogP contribution in [0.15, 0.2) is 35.8 Å². The highest BCUT2D eigenvalue weighted by Crippen LogP contribution is 2.22. The van der Waals surface area contributed by atoms with Crippen molar-refractivity contribution in [3.63, 3.8) is 0 Å². The highest BCUT2D eigenvalue weighted by molar-refractivity contribution is 7.09. The maximum Gasteiger partial charge on any atom is 0.218 e. The lowest BCUT2D eigenvalue weighted by atomic mass is 10.2. The van der Waals surface area contributed by atoms with Crippen molar-refractivity contribution >= 4 is 11.3 Å². The number of nitrogens with one attached hydrogen (secondary N) is 1. The molecule has 2 aromatic heterocycles. The Bertz CT molecular complexity index is 494. The van der Waals surface area contributed by atoms with Gasteiger partial charge in [0, 0.05) is 29.2 Å². The third-order valence-corrected chi connectivity index (χ3v) is 3.79. The molecule has 0 amide bonds. The van der Waals surface area contributed by atoms with Crippen LogP contribution in [0.5, 0.6) is 5.88 Å². The van der Waals surface area contributed by atoms with Crippen molar-refractivity contribution in [3.05, 3.63) is 46.3 Å². The predicted molar refractivity (Wildman–Crippen MR) is 72.7 cm³/mol. The first-order chi connectivity index (χ1) is 8.92. The summed E-state index contributed by atoms with van der Waals surface area (Å²) >= 11 is 1.71. The van der Waals surface area contributed by atoms with E-state index in [0.717, 1.165) is 18.0 Å². The largest absolute Gasteiger partial charge is 0.472 e. The maximum atomic E-state index is 5.79. The Morgan fingerprint density at radius 1 is 1.33 bits per heavy atom. The molecular formula is C14H16N2OS. The average molecular weight is 260 g/mol. The molecule has 0 aromatic carbocycles. The summed E-state index contributed by atoms with van der Waals surface area (Å²) in [4.78, 5) is 5.54. The molecule has 0 spiro atoms. The van der Waals surface area contributed by atoms with Crippen molar-refractivity contribution in [2.45, 2.75) is 32.0 Å². The molecule has 0 aliphatic heterocycles. The SMILES string of the molecule is c1csc(COc2ncccc2CNC2CC2)c1. The predicted octanol–water partition coefficient (Wildman–Crippen LogP) is 2.97. The number of rotatable bonds is 6. The van der Waals surface area contributed by atoms with Gasteiger partial charge in [-0.25, -0.2) is 4.98 Å². The fraction of sp³-hybridized carbons (Fsp3) is 0.357. The van der Waals surface area contributed by atoms with Crippen molar-refractivity contribution < 1.29 is 4.74 Å². The fourth-order valence-electron chi connectivity index (χ4n) is 1.76. The Hall–Kier alpha value is -1.39. The molecule has 1 fully saturated rings. The molecule has 3 rings (SSSR count). The van der Waals surface area contributed by atoms with Crippen LogP contribution in [0, 0.1) is 0 Å². The van der Waals surface area contributed by atoms with E-state index < -0.39 is 0 Å². The van der Waals surface area contributed by atoms with E-state index >= 15 is 0 Å². The first-order valence-electron chi connectivity index (χ1n) is 6.24. The Labute approximate surface area is 111 Å². The smallest absolute Gasteiger partial charge is 0.218 e. The van der Waals surface area contributed by atoms with Gasteiger partial charge in [0.05, 0.1) is 0 Å². The van der Waals surface area contributed by atoms with Crippen molar-refractivity contribution in [2.24, 2.45) is 0 Å². The number of ether oxygens (including phenoxy) is 1. The normalized spacial score (nSPS) is 14.7. The minimum atomic E-state index is 0.602. The van der Waals surface area contributed by atoms with E-state index in [4.69, 9.17) is 4.74 Å². The van der Waals surface area contributed by atoms with E-state index in [1.54, 1.807) is 17.5 Å². The Kier molecular flexibility index (Phi) is 3.57. The van der Waals surface area contributed by atoms with Gasteiger partial charge in [0.1, 0.15) is 6.61 Å². The quantitative estimate of drug-likeness (QED) is 0.867. The number of pyridine rings is 1. The number of thiophene rings is 1. The van der Waals surface area contributed by atoms with E-state index in [-0.39, 0.29) is 0 Å². The molecule has 0 saturated heterocycles. The molecular weight excluding hydrogens is 244 g/mol. The van der Waals surface area contributed by atoms with E-state index in [1.807, 2.05) is 12.1 Å². The molecule has 0 atom stereocenters. The van der Waals surface area contributed by atoms with Crippen LogP contribution >= 0.6 is 11.3 Å². The second-order valence-corrected chi connectivity index (χ2v) is 5.52. The minimum Gasteiger partial charge on any atom is -0.472 e. The molecule has 18 heavy (non-hydrogen) atoms. The molecule has 2 aromatic rings. The first kappa shape index (κ1) is 11.7. The maximum absolute atomic E-state index is 5.79. The lowest BCUT2D eigenvalue weighted by Crippen LogP contribution is -2.16. The van der Waals surface area contributed by atoms with E-state index in [2.05, 4.69) is 27.8 Å². The highest BCUT2D eigenvalue weighted by Gasteiger charge is 2.20. The molecule has 1 aliphatic rings. The van der Waals surface area contributed by atoms with Crippen LogP contribution in [0.2, 0.25) is 0 Å². The summed E-state index contributed by atoms with van der Waals surface area (Å²) in [5.41, 5.74) is 1.14. The Balaban J connectivity index is 1.62. The number of hydrogen-bond donors (Lipinski definition) is 1. The molecule has 1 saturated carbocycles. The zero-order chi connectivity index (χ0) is 12.2. The third kappa shape index (κ3) is 3.09. The summed E-state index contributed by atoms with van der Waals surface area (Å²) in [6.07, 6.45) is 4.38. The summed E-state index contributed by atoms with van der Waals surface area (Å²) < 4.78 is 5.79. The minimum absolute atomic E-state index is 0.602. The zero-order valence-corrected chi connectivity index (χ0v) is 11.0. The van der Waals surface area contributed by atoms with Gasteiger partial charge < -0.3 is 10.1 Å². The number of hydrogen-bond acceptors (Lipinski definition) is 4. The van der Waals surface area contributed by atoms with Gasteiger partial charge in [-0.2, -0.15) is 0 Å². The van der Waals surface area contributed by atoms with Crippen molar-refractivity contribution in [3.8, 4) is 5.88 Å². The van der Waals surface area contributed by atoms with E-state index in [0.29, 0.717) is 12.6 Å². The third-order valence-electron chi connectivity index (χ3n) is 2.94. The molecule has 94 valence electrons. The van der Waals surface area contributed by atoms with Gasteiger partial charge in [-0.15, -0.1) is 11.3 Å². The second kappa shape index (κ2) is 5.50. The molecule has 0 bridgehead atoms. The summed E-state index contributed by atoms with van der Waals surface area (Å²) in [5.74, 6) is 0.749. The van der Waals surface area contributed by atoms with Crippen LogP contribution in [0.25, 0.3) is 0 Å². The van der Waals surface area contributed by atoms with Crippen molar-refractivity contribution in [2.75, 3.05) is 0 Å². The topological polar surface area (TPSA) is 34.1 Å². The monoisotopic (exact) mass is 260 g/mol. The summed E-state index contributed by atoms with van der Waals surface area (Å²) in [6.45, 7) is 1.45. The standard InChI is InChI=1S/C14H16N2OS/c1-3-11(9-16-12-5-6-12)14(15-7-1)17-10-13-4-2-8-18-13/h1-4,7-8,12,16H,5-6,9-10H2. The molecule has 3 nitrogen and oxygen atoms in total. The van der Waals surface area contributed by atoms with Crippen LogP contribution in [-0.2, 0) is 13.2 Å². The molecule has 4 heteroatoms. The average Bonchev–Trinajstić information content (AvgIpc) is 3.09. The summed E-state index contributed by atoms with van der Waals surface area (Å²) in [6, 6.07) is 8.86. The Morgan fingerprint density at radius 2 is 2.28 bits per heavy atom. The lowest BCUT2D eigenvalue weighted by Gasteiger charge is -2.09. The van der Waals surface area contributed by atoms with Gasteiger partial charge in [-0.1, -0.05) is 12.1 Å². The Morgan fingerprint density at radius 3 is 3.06 bits per heavy atom. The molecule has 0 unspecified atom stereocenters. The molecule has 1 N–H and O–H groups in total. The van der Waals surface area contributed by atoms with Crippen LogP contribution in [0.4, 0.5) is 0 Å². The van der Waals surface area contributed by atoms with Gasteiger partial charge in [-0.05, 0) is 30.4 Å². The number of aromatic nitrogens is 1. The summed E-state index contributed by atoms with van der Waals surface area (Å²) in [5, 5.41) is 5.55. The molecule has 1 aliphatic carbocycles. The highest BCUT2D eigenvalue weighted by atomic mass is 32.1. The molecule has 0 radical (unpaired) electrons. The van der Waals surface area contributed by atoms with Crippen LogP contribution in [0.3, 0.4) is 0 Å². The van der Waals surface area contributed by atoms with Crippen LogP contribution in [-0.4, -0.2) is 11.0 Å². The summed E-state index contributed by atoms with van der Waals surface area (Å²) in [7, 11) is 0. The zero-order valence-electron chi connectivity index (χ0n) is 10.1. The van der Waals surface area contributed by atoms with Gasteiger partial charge in [0.2, 0.25) is 5.88 Å². The lowest BCUT2D eigenvalue weighted by molar-refractivity contribution is 0.293. The van der Waals surface area contributed by atoms with Gasteiger partial charge in [0.25, 0.3) is 0 Å². The van der Waals surface area contributed by atoms with Crippen molar-refractivity contribution in [1.29, 1.82) is 0 Å². The van der Waals surface area contributed by atoms with Gasteiger partial charge in [-0.3, -0.25) is 0 Å². The second-order valence-electron chi connectivity index (χ2n) is 4.49. The van der Waals surface area contributed by atoms with Crippen molar-refractivity contribution in [1.82, 2.24) is 10.3 Å².